The first-order chi connectivity index (χ1) is 7.54. The van der Waals surface area contributed by atoms with Crippen molar-refractivity contribution in [3.63, 3.8) is 0 Å². The molecule has 0 saturated heterocycles. The van der Waals surface area contributed by atoms with Crippen LogP contribution in [-0.4, -0.2) is 11.2 Å². The lowest BCUT2D eigenvalue weighted by molar-refractivity contribution is 0.0953. The Balaban J connectivity index is 2.79. The van der Waals surface area contributed by atoms with E-state index in [2.05, 4.69) is 35.2 Å². The summed E-state index contributed by atoms with van der Waals surface area (Å²) in [6.07, 6.45) is 0. The van der Waals surface area contributed by atoms with Gasteiger partial charge in [0.2, 0.25) is 0 Å². The zero-order valence-electron chi connectivity index (χ0n) is 9.29. The van der Waals surface area contributed by atoms with Gasteiger partial charge in [0, 0.05) is 15.8 Å². The molecular formula is C11H15BrN2OS. The Labute approximate surface area is 108 Å². The van der Waals surface area contributed by atoms with Gasteiger partial charge in [0.05, 0.1) is 0 Å². The third kappa shape index (κ3) is 3.81. The SMILES string of the molecule is CC(C)SCc1ccc(C(=O)NN)cc1Br. The van der Waals surface area contributed by atoms with E-state index >= 15 is 0 Å². The van der Waals surface area contributed by atoms with Crippen LogP contribution in [0.2, 0.25) is 0 Å². The quantitative estimate of drug-likeness (QED) is 0.511. The summed E-state index contributed by atoms with van der Waals surface area (Å²) in [5, 5.41) is 0.596. The predicted molar refractivity (Wildman–Crippen MR) is 72.2 cm³/mol. The van der Waals surface area contributed by atoms with Crippen molar-refractivity contribution in [2.24, 2.45) is 5.84 Å². The second-order valence-electron chi connectivity index (χ2n) is 3.64. The average molecular weight is 303 g/mol. The van der Waals surface area contributed by atoms with Gasteiger partial charge in [-0.05, 0) is 22.9 Å². The van der Waals surface area contributed by atoms with Gasteiger partial charge >= 0.3 is 0 Å². The molecule has 88 valence electrons. The van der Waals surface area contributed by atoms with Crippen LogP contribution in [0.4, 0.5) is 0 Å². The van der Waals surface area contributed by atoms with Crippen LogP contribution in [0.15, 0.2) is 22.7 Å². The largest absolute Gasteiger partial charge is 0.290 e. The van der Waals surface area contributed by atoms with Gasteiger partial charge in [-0.25, -0.2) is 5.84 Å². The van der Waals surface area contributed by atoms with E-state index < -0.39 is 0 Å². The Hall–Kier alpha value is -0.520. The number of nitrogen functional groups attached to an aromatic ring is 1. The summed E-state index contributed by atoms with van der Waals surface area (Å²) in [4.78, 5) is 11.3. The Bertz CT molecular complexity index is 382. The van der Waals surface area contributed by atoms with Crippen molar-refractivity contribution in [3.8, 4) is 0 Å². The van der Waals surface area contributed by atoms with Crippen molar-refractivity contribution in [3.05, 3.63) is 33.8 Å². The van der Waals surface area contributed by atoms with Crippen molar-refractivity contribution in [1.29, 1.82) is 0 Å². The number of nitrogens with one attached hydrogen (secondary N) is 1. The van der Waals surface area contributed by atoms with Crippen molar-refractivity contribution in [2.75, 3.05) is 0 Å². The highest BCUT2D eigenvalue weighted by molar-refractivity contribution is 9.10. The van der Waals surface area contributed by atoms with E-state index in [0.29, 0.717) is 10.8 Å². The van der Waals surface area contributed by atoms with Crippen LogP contribution in [-0.2, 0) is 5.75 Å². The highest BCUT2D eigenvalue weighted by Gasteiger charge is 2.07. The monoisotopic (exact) mass is 302 g/mol. The number of rotatable bonds is 4. The summed E-state index contributed by atoms with van der Waals surface area (Å²) < 4.78 is 0.946. The molecule has 1 aromatic carbocycles. The van der Waals surface area contributed by atoms with Crippen LogP contribution >= 0.6 is 27.7 Å². The Morgan fingerprint density at radius 1 is 1.56 bits per heavy atom. The number of nitrogens with two attached hydrogens (primary N) is 1. The van der Waals surface area contributed by atoms with E-state index in [-0.39, 0.29) is 5.91 Å². The van der Waals surface area contributed by atoms with Gasteiger partial charge in [0.25, 0.3) is 5.91 Å². The molecule has 1 amide bonds. The van der Waals surface area contributed by atoms with Crippen LogP contribution in [0.5, 0.6) is 0 Å². The van der Waals surface area contributed by atoms with E-state index in [1.807, 2.05) is 17.8 Å². The van der Waals surface area contributed by atoms with Gasteiger partial charge in [-0.2, -0.15) is 11.8 Å². The highest BCUT2D eigenvalue weighted by Crippen LogP contribution is 2.25. The van der Waals surface area contributed by atoms with Crippen LogP contribution < -0.4 is 11.3 Å². The van der Waals surface area contributed by atoms with Crippen molar-refractivity contribution >= 4 is 33.6 Å². The fourth-order valence-electron chi connectivity index (χ4n) is 1.15. The van der Waals surface area contributed by atoms with Crippen LogP contribution in [0, 0.1) is 0 Å². The molecule has 3 nitrogen and oxygen atoms in total. The zero-order chi connectivity index (χ0) is 12.1. The number of hydrogen-bond donors (Lipinski definition) is 2. The second kappa shape index (κ2) is 6.27. The molecule has 5 heteroatoms. The summed E-state index contributed by atoms with van der Waals surface area (Å²) >= 11 is 5.32. The standard InChI is InChI=1S/C11H15BrN2OS/c1-7(2)16-6-9-4-3-8(5-10(9)12)11(15)14-13/h3-5,7H,6,13H2,1-2H3,(H,14,15). The molecule has 0 aromatic heterocycles. The maximum Gasteiger partial charge on any atom is 0.265 e. The molecule has 0 spiro atoms. The first-order valence-electron chi connectivity index (χ1n) is 4.95. The van der Waals surface area contributed by atoms with Crippen molar-refractivity contribution in [1.82, 2.24) is 5.43 Å². The van der Waals surface area contributed by atoms with Crippen LogP contribution in [0.3, 0.4) is 0 Å². The first-order valence-corrected chi connectivity index (χ1v) is 6.79. The maximum atomic E-state index is 11.3. The van der Waals surface area contributed by atoms with Gasteiger partial charge in [-0.3, -0.25) is 10.2 Å². The maximum absolute atomic E-state index is 11.3. The lowest BCUT2D eigenvalue weighted by atomic mass is 10.1. The number of carbonyl (C=O) groups is 1. The molecule has 0 saturated carbocycles. The van der Waals surface area contributed by atoms with E-state index in [0.717, 1.165) is 10.2 Å². The first kappa shape index (κ1) is 13.5. The van der Waals surface area contributed by atoms with E-state index in [1.165, 1.54) is 5.56 Å². The molecule has 1 rings (SSSR count). The number of carbonyl (C=O) groups excluding carboxylic acids is 1. The number of amides is 1. The van der Waals surface area contributed by atoms with Crippen LogP contribution in [0.1, 0.15) is 29.8 Å². The zero-order valence-corrected chi connectivity index (χ0v) is 11.7. The lowest BCUT2D eigenvalue weighted by Crippen LogP contribution is -2.29. The molecule has 0 fully saturated rings. The summed E-state index contributed by atoms with van der Waals surface area (Å²) in [7, 11) is 0. The van der Waals surface area contributed by atoms with Crippen molar-refractivity contribution < 1.29 is 4.79 Å². The Morgan fingerprint density at radius 2 is 2.25 bits per heavy atom. The van der Waals surface area contributed by atoms with Gasteiger partial charge in [-0.15, -0.1) is 0 Å². The fourth-order valence-corrected chi connectivity index (χ4v) is 2.61. The lowest BCUT2D eigenvalue weighted by Gasteiger charge is -2.08. The number of hydrogen-bond acceptors (Lipinski definition) is 3. The molecule has 0 atom stereocenters. The molecule has 0 heterocycles. The molecule has 0 aliphatic carbocycles. The summed E-state index contributed by atoms with van der Waals surface area (Å²) in [6.45, 7) is 4.32. The number of halogens is 1. The molecule has 16 heavy (non-hydrogen) atoms. The second-order valence-corrected chi connectivity index (χ2v) is 6.06. The Kier molecular flexibility index (Phi) is 5.31. The molecular weight excluding hydrogens is 288 g/mol. The minimum absolute atomic E-state index is 0.274. The van der Waals surface area contributed by atoms with Gasteiger partial charge < -0.3 is 0 Å². The molecule has 3 N–H and O–H groups in total. The van der Waals surface area contributed by atoms with E-state index in [4.69, 9.17) is 5.84 Å². The highest BCUT2D eigenvalue weighted by atomic mass is 79.9. The summed E-state index contributed by atoms with van der Waals surface area (Å²) in [5.74, 6) is 5.73. The minimum Gasteiger partial charge on any atom is -0.290 e. The molecule has 0 aliphatic rings. The number of thioether (sulfide) groups is 1. The molecule has 0 bridgehead atoms. The number of benzene rings is 1. The molecule has 0 unspecified atom stereocenters. The van der Waals surface area contributed by atoms with E-state index in [9.17, 15) is 4.79 Å². The van der Waals surface area contributed by atoms with Crippen LogP contribution in [0.25, 0.3) is 0 Å². The number of hydrazine groups is 1. The third-order valence-corrected chi connectivity index (χ3v) is 3.90. The Morgan fingerprint density at radius 3 is 2.75 bits per heavy atom. The minimum atomic E-state index is -0.274. The third-order valence-electron chi connectivity index (χ3n) is 2.02. The molecule has 0 aliphatic heterocycles. The average Bonchev–Trinajstić information content (AvgIpc) is 2.26. The summed E-state index contributed by atoms with van der Waals surface area (Å²) in [5.41, 5.74) is 3.86. The van der Waals surface area contributed by atoms with E-state index in [1.54, 1.807) is 12.1 Å². The van der Waals surface area contributed by atoms with Gasteiger partial charge in [0.1, 0.15) is 0 Å². The van der Waals surface area contributed by atoms with Gasteiger partial charge in [-0.1, -0.05) is 35.8 Å². The van der Waals surface area contributed by atoms with Crippen molar-refractivity contribution in [2.45, 2.75) is 24.9 Å². The normalized spacial score (nSPS) is 10.6. The molecule has 1 aromatic rings. The topological polar surface area (TPSA) is 55.1 Å². The van der Waals surface area contributed by atoms with Gasteiger partial charge in [0.15, 0.2) is 0 Å². The summed E-state index contributed by atoms with van der Waals surface area (Å²) in [6, 6.07) is 5.52. The fraction of sp³-hybridized carbons (Fsp3) is 0.364. The predicted octanol–water partition coefficient (Wildman–Crippen LogP) is 2.69. The smallest absolute Gasteiger partial charge is 0.265 e. The molecule has 0 radical (unpaired) electrons.